The van der Waals surface area contributed by atoms with Gasteiger partial charge in [0.2, 0.25) is 23.1 Å². The number of methoxy groups -OCH3 is 2. The van der Waals surface area contributed by atoms with Gasteiger partial charge in [-0.05, 0) is 38.5 Å². The molecule has 1 aromatic rings. The maximum atomic E-state index is 12.7. The third kappa shape index (κ3) is 4.02. The number of allylic oxidation sites excluding steroid dienone is 2. The van der Waals surface area contributed by atoms with E-state index in [1.165, 1.54) is 27.2 Å². The van der Waals surface area contributed by atoms with Crippen LogP contribution in [0, 0.1) is 0 Å². The zero-order chi connectivity index (χ0) is 20.3. The number of carbonyl (C=O) groups excluding carboxylic acids is 2. The van der Waals surface area contributed by atoms with Crippen molar-refractivity contribution in [1.82, 2.24) is 0 Å². The number of benzene rings is 1. The fourth-order valence-electron chi connectivity index (χ4n) is 2.82. The van der Waals surface area contributed by atoms with Gasteiger partial charge in [-0.3, -0.25) is 9.59 Å². The van der Waals surface area contributed by atoms with Crippen molar-refractivity contribution < 1.29 is 33.7 Å². The van der Waals surface area contributed by atoms with E-state index in [1.54, 1.807) is 26.0 Å². The lowest BCUT2D eigenvalue weighted by molar-refractivity contribution is -0.121. The first-order valence-electron chi connectivity index (χ1n) is 8.35. The molecule has 2 rings (SSSR count). The largest absolute Gasteiger partial charge is 0.490 e. The molecule has 0 fully saturated rings. The van der Waals surface area contributed by atoms with Crippen molar-refractivity contribution in [3.63, 3.8) is 0 Å². The van der Waals surface area contributed by atoms with E-state index in [2.05, 4.69) is 0 Å². The molecule has 0 unspecified atom stereocenters. The van der Waals surface area contributed by atoms with Crippen molar-refractivity contribution in [2.75, 3.05) is 14.2 Å². The highest BCUT2D eigenvalue weighted by Crippen LogP contribution is 2.29. The minimum atomic E-state index is -1.14. The van der Waals surface area contributed by atoms with E-state index < -0.39 is 17.5 Å². The van der Waals surface area contributed by atoms with E-state index >= 15 is 0 Å². The molecule has 0 spiro atoms. The molecular weight excluding hydrogens is 352 g/mol. The van der Waals surface area contributed by atoms with Gasteiger partial charge in [0.25, 0.3) is 0 Å². The third-order valence-electron chi connectivity index (χ3n) is 4.11. The maximum Gasteiger partial charge on any atom is 0.339 e. The monoisotopic (exact) mass is 374 g/mol. The molecule has 0 aliphatic heterocycles. The highest BCUT2D eigenvalue weighted by molar-refractivity contribution is 6.23. The molecule has 0 saturated carbocycles. The van der Waals surface area contributed by atoms with Crippen LogP contribution in [-0.2, 0) is 25.5 Å². The van der Waals surface area contributed by atoms with Gasteiger partial charge in [0.05, 0.1) is 20.3 Å². The van der Waals surface area contributed by atoms with Crippen LogP contribution in [0.5, 0.6) is 5.75 Å². The minimum Gasteiger partial charge on any atom is -0.490 e. The Labute approximate surface area is 157 Å². The number of ketones is 2. The number of carbonyl (C=O) groups is 3. The summed E-state index contributed by atoms with van der Waals surface area (Å²) >= 11 is 0. The quantitative estimate of drug-likeness (QED) is 0.733. The summed E-state index contributed by atoms with van der Waals surface area (Å²) in [4.78, 5) is 36.7. The molecule has 0 amide bonds. The molecular formula is C20H22O7. The molecule has 1 aliphatic rings. The van der Waals surface area contributed by atoms with Crippen LogP contribution in [0.2, 0.25) is 0 Å². The summed E-state index contributed by atoms with van der Waals surface area (Å²) in [6, 6.07) is 4.67. The summed E-state index contributed by atoms with van der Waals surface area (Å²) in [6.07, 6.45) is -0.0963. The number of carboxylic acids is 1. The molecule has 0 bridgehead atoms. The fraction of sp³-hybridized carbons (Fsp3) is 0.350. The molecule has 1 N–H and O–H groups in total. The van der Waals surface area contributed by atoms with Crippen LogP contribution in [0.25, 0.3) is 0 Å². The van der Waals surface area contributed by atoms with Crippen molar-refractivity contribution in [3.05, 3.63) is 52.0 Å². The van der Waals surface area contributed by atoms with E-state index in [4.69, 9.17) is 14.2 Å². The zero-order valence-electron chi connectivity index (χ0n) is 15.9. The Morgan fingerprint density at radius 2 is 1.67 bits per heavy atom. The average Bonchev–Trinajstić information content (AvgIpc) is 2.61. The topological polar surface area (TPSA) is 99.1 Å². The molecule has 27 heavy (non-hydrogen) atoms. The van der Waals surface area contributed by atoms with Crippen LogP contribution >= 0.6 is 0 Å². The first-order valence-corrected chi connectivity index (χ1v) is 8.35. The highest BCUT2D eigenvalue weighted by atomic mass is 16.5. The Balaban J connectivity index is 2.43. The Hall–Kier alpha value is -3.09. The lowest BCUT2D eigenvalue weighted by Crippen LogP contribution is -2.26. The Kier molecular flexibility index (Phi) is 6.05. The van der Waals surface area contributed by atoms with Crippen LogP contribution < -0.4 is 4.74 Å². The molecule has 0 radical (unpaired) electrons. The predicted molar refractivity (Wildman–Crippen MR) is 96.6 cm³/mol. The predicted octanol–water partition coefficient (Wildman–Crippen LogP) is 2.69. The minimum absolute atomic E-state index is 0.00544. The van der Waals surface area contributed by atoms with Gasteiger partial charge in [-0.25, -0.2) is 4.79 Å². The first kappa shape index (κ1) is 20.2. The van der Waals surface area contributed by atoms with Gasteiger partial charge < -0.3 is 19.3 Å². The van der Waals surface area contributed by atoms with Crippen LogP contribution in [0.4, 0.5) is 0 Å². The van der Waals surface area contributed by atoms with E-state index in [0.29, 0.717) is 5.56 Å². The molecule has 0 atom stereocenters. The smallest absolute Gasteiger partial charge is 0.339 e. The Morgan fingerprint density at radius 1 is 1.07 bits per heavy atom. The standard InChI is InChI=1S/C20H22O7/c1-10(2)27-15-7-6-12(9-14(15)20(23)24)8-13-11(3)16(21)18(25-4)19(26-5)17(13)22/h6-7,9-10H,8H2,1-5H3,(H,23,24). The van der Waals surface area contributed by atoms with Crippen LogP contribution in [-0.4, -0.2) is 43.0 Å². The summed E-state index contributed by atoms with van der Waals surface area (Å²) in [7, 11) is 2.59. The van der Waals surface area contributed by atoms with E-state index in [9.17, 15) is 19.5 Å². The van der Waals surface area contributed by atoms with Crippen molar-refractivity contribution in [3.8, 4) is 5.75 Å². The first-order chi connectivity index (χ1) is 12.7. The Morgan fingerprint density at radius 3 is 2.19 bits per heavy atom. The SMILES string of the molecule is COC1=C(OC)C(=O)C(Cc2ccc(OC(C)C)c(C(=O)O)c2)=C(C)C1=O. The number of hydrogen-bond donors (Lipinski definition) is 1. The summed E-state index contributed by atoms with van der Waals surface area (Å²) in [6.45, 7) is 5.13. The number of Topliss-reactive ketones (excluding diaryl/α,β-unsaturated/α-hetero) is 2. The number of hydrogen-bond acceptors (Lipinski definition) is 6. The number of carboxylic acid groups (broad SMARTS) is 1. The van der Waals surface area contributed by atoms with Crippen LogP contribution in [0.3, 0.4) is 0 Å². The lowest BCUT2D eigenvalue weighted by atomic mass is 9.88. The van der Waals surface area contributed by atoms with Gasteiger partial charge in [0.1, 0.15) is 11.3 Å². The molecule has 0 saturated heterocycles. The van der Waals surface area contributed by atoms with Gasteiger partial charge in [0.15, 0.2) is 0 Å². The normalized spacial score (nSPS) is 14.7. The molecule has 7 nitrogen and oxygen atoms in total. The molecule has 0 aromatic heterocycles. The second-order valence-corrected chi connectivity index (χ2v) is 6.31. The number of ether oxygens (including phenoxy) is 3. The average molecular weight is 374 g/mol. The van der Waals surface area contributed by atoms with E-state index in [0.717, 1.165) is 0 Å². The number of rotatable bonds is 7. The van der Waals surface area contributed by atoms with Crippen molar-refractivity contribution in [2.45, 2.75) is 33.3 Å². The molecule has 0 heterocycles. The van der Waals surface area contributed by atoms with Gasteiger partial charge in [0, 0.05) is 17.6 Å². The van der Waals surface area contributed by atoms with Crippen molar-refractivity contribution >= 4 is 17.5 Å². The molecule has 7 heteroatoms. The second-order valence-electron chi connectivity index (χ2n) is 6.31. The van der Waals surface area contributed by atoms with Gasteiger partial charge >= 0.3 is 5.97 Å². The number of aromatic carboxylic acids is 1. The molecule has 1 aromatic carbocycles. The summed E-state index contributed by atoms with van der Waals surface area (Å²) in [5, 5.41) is 9.44. The third-order valence-corrected chi connectivity index (χ3v) is 4.11. The highest BCUT2D eigenvalue weighted by Gasteiger charge is 2.34. The van der Waals surface area contributed by atoms with Gasteiger partial charge in [-0.2, -0.15) is 0 Å². The lowest BCUT2D eigenvalue weighted by Gasteiger charge is -2.20. The molecule has 1 aliphatic carbocycles. The summed E-state index contributed by atoms with van der Waals surface area (Å²) < 4.78 is 15.6. The summed E-state index contributed by atoms with van der Waals surface area (Å²) in [5.41, 5.74) is 1.05. The van der Waals surface area contributed by atoms with Crippen molar-refractivity contribution in [1.29, 1.82) is 0 Å². The van der Waals surface area contributed by atoms with Crippen molar-refractivity contribution in [2.24, 2.45) is 0 Å². The Bertz CT molecular complexity index is 859. The van der Waals surface area contributed by atoms with E-state index in [-0.39, 0.29) is 46.5 Å². The van der Waals surface area contributed by atoms with Gasteiger partial charge in [-0.1, -0.05) is 6.07 Å². The van der Waals surface area contributed by atoms with E-state index in [1.807, 2.05) is 0 Å². The fourth-order valence-corrected chi connectivity index (χ4v) is 2.82. The maximum absolute atomic E-state index is 12.7. The summed E-state index contributed by atoms with van der Waals surface area (Å²) in [5.74, 6) is -2.05. The zero-order valence-corrected chi connectivity index (χ0v) is 15.9. The van der Waals surface area contributed by atoms with Gasteiger partial charge in [-0.15, -0.1) is 0 Å². The molecule has 144 valence electrons. The van der Waals surface area contributed by atoms with Crippen LogP contribution in [0.15, 0.2) is 40.9 Å². The second kappa shape index (κ2) is 8.07. The van der Waals surface area contributed by atoms with Crippen LogP contribution in [0.1, 0.15) is 36.7 Å².